The second-order valence-electron chi connectivity index (χ2n) is 7.97. The molecule has 1 aliphatic carbocycles. The summed E-state index contributed by atoms with van der Waals surface area (Å²) in [4.78, 5) is 18.7. The van der Waals surface area contributed by atoms with Crippen molar-refractivity contribution in [1.29, 1.82) is 0 Å². The molecule has 6 heteroatoms. The molecule has 0 saturated carbocycles. The number of aromatic nitrogens is 2. The normalized spacial score (nSPS) is 24.6. The molecule has 2 aliphatic heterocycles. The van der Waals surface area contributed by atoms with Gasteiger partial charge in [0.25, 0.3) is 0 Å². The van der Waals surface area contributed by atoms with E-state index >= 15 is 0 Å². The Morgan fingerprint density at radius 2 is 2.07 bits per heavy atom. The molecule has 0 saturated heterocycles. The zero-order valence-electron chi connectivity index (χ0n) is 16.6. The van der Waals surface area contributed by atoms with Gasteiger partial charge in [-0.15, -0.1) is 0 Å². The van der Waals surface area contributed by atoms with Crippen LogP contribution in [-0.2, 0) is 0 Å². The van der Waals surface area contributed by atoms with Crippen LogP contribution in [0.15, 0.2) is 51.0 Å². The Kier molecular flexibility index (Phi) is 5.03. The first kappa shape index (κ1) is 18.5. The van der Waals surface area contributed by atoms with Crippen LogP contribution in [0.5, 0.6) is 5.88 Å². The van der Waals surface area contributed by atoms with E-state index in [1.165, 1.54) is 5.57 Å². The first-order valence-corrected chi connectivity index (χ1v) is 9.88. The highest BCUT2D eigenvalue weighted by Gasteiger charge is 2.29. The molecule has 0 amide bonds. The van der Waals surface area contributed by atoms with Crippen LogP contribution in [0.1, 0.15) is 32.4 Å². The van der Waals surface area contributed by atoms with Gasteiger partial charge in [0.15, 0.2) is 0 Å². The third-order valence-corrected chi connectivity index (χ3v) is 5.15. The summed E-state index contributed by atoms with van der Waals surface area (Å²) in [6, 6.07) is 0. The van der Waals surface area contributed by atoms with Gasteiger partial charge in [-0.25, -0.2) is 0 Å². The van der Waals surface area contributed by atoms with E-state index in [4.69, 9.17) is 0 Å². The molecule has 2 N–H and O–H groups in total. The maximum Gasteiger partial charge on any atom is 0.238 e. The lowest BCUT2D eigenvalue weighted by molar-refractivity contribution is 0.455. The topological polar surface area (TPSA) is 76.9 Å². The van der Waals surface area contributed by atoms with Gasteiger partial charge in [0.05, 0.1) is 0 Å². The highest BCUT2D eigenvalue weighted by molar-refractivity contribution is 5.93. The fraction of sp³-hybridized carbons (Fsp3) is 0.409. The molecule has 1 aromatic rings. The number of nitrogens with zero attached hydrogens (tertiary/aromatic N) is 4. The highest BCUT2D eigenvalue weighted by Crippen LogP contribution is 2.34. The van der Waals surface area contributed by atoms with Crippen LogP contribution in [0, 0.1) is 11.8 Å². The van der Waals surface area contributed by atoms with Crippen molar-refractivity contribution in [2.45, 2.75) is 32.9 Å². The molecule has 6 nitrogen and oxygen atoms in total. The molecule has 28 heavy (non-hydrogen) atoms. The Hall–Kier alpha value is -2.89. The lowest BCUT2D eigenvalue weighted by Gasteiger charge is -2.19. The number of fused-ring (bicyclic) bond motifs is 1. The van der Waals surface area contributed by atoms with Crippen molar-refractivity contribution >= 4 is 24.5 Å². The number of hydrogen-bond donors (Lipinski definition) is 2. The molecule has 0 fully saturated rings. The van der Waals surface area contributed by atoms with E-state index in [9.17, 15) is 5.11 Å². The molecule has 2 unspecified atom stereocenters. The number of dihydropyridines is 1. The molecular weight excluding hydrogens is 350 g/mol. The van der Waals surface area contributed by atoms with Gasteiger partial charge in [-0.05, 0) is 41.6 Å². The smallest absolute Gasteiger partial charge is 0.238 e. The van der Waals surface area contributed by atoms with Crippen LogP contribution in [0.2, 0.25) is 0 Å². The van der Waals surface area contributed by atoms with Crippen molar-refractivity contribution in [2.75, 3.05) is 18.5 Å². The molecule has 3 heterocycles. The molecule has 1 aromatic heterocycles. The average Bonchev–Trinajstić information content (AvgIpc) is 3.26. The van der Waals surface area contributed by atoms with Crippen LogP contribution in [-0.4, -0.2) is 47.3 Å². The molecule has 4 rings (SSSR count). The Morgan fingerprint density at radius 1 is 1.25 bits per heavy atom. The van der Waals surface area contributed by atoms with Crippen LogP contribution in [0.4, 0.5) is 5.95 Å². The van der Waals surface area contributed by atoms with Crippen molar-refractivity contribution in [1.82, 2.24) is 9.97 Å². The van der Waals surface area contributed by atoms with Crippen molar-refractivity contribution in [3.8, 4) is 5.88 Å². The number of aromatic amines is 1. The monoisotopic (exact) mass is 377 g/mol. The van der Waals surface area contributed by atoms with Crippen molar-refractivity contribution in [3.05, 3.63) is 46.7 Å². The molecule has 2 atom stereocenters. The quantitative estimate of drug-likeness (QED) is 0.817. The van der Waals surface area contributed by atoms with Gasteiger partial charge in [-0.1, -0.05) is 38.2 Å². The predicted molar refractivity (Wildman–Crippen MR) is 115 cm³/mol. The van der Waals surface area contributed by atoms with E-state index in [2.05, 4.69) is 58.1 Å². The van der Waals surface area contributed by atoms with Crippen LogP contribution in [0.25, 0.3) is 6.08 Å². The summed E-state index contributed by atoms with van der Waals surface area (Å²) in [6.07, 6.45) is 16.6. The van der Waals surface area contributed by atoms with Gasteiger partial charge in [-0.3, -0.25) is 9.98 Å². The first-order valence-electron chi connectivity index (χ1n) is 9.88. The summed E-state index contributed by atoms with van der Waals surface area (Å²) in [6.45, 7) is 5.17. The van der Waals surface area contributed by atoms with Crippen molar-refractivity contribution in [3.63, 3.8) is 0 Å². The Labute approximate surface area is 165 Å². The van der Waals surface area contributed by atoms with E-state index in [1.807, 2.05) is 30.5 Å². The van der Waals surface area contributed by atoms with E-state index in [0.717, 1.165) is 30.5 Å². The summed E-state index contributed by atoms with van der Waals surface area (Å²) in [5.41, 5.74) is 3.99. The third-order valence-electron chi connectivity index (χ3n) is 5.15. The Bertz CT molecular complexity index is 929. The number of nitrogens with one attached hydrogen (secondary N) is 1. The number of aromatic hydroxyl groups is 1. The number of hydrogen-bond acceptors (Lipinski definition) is 5. The molecule has 146 valence electrons. The molecule has 0 spiro atoms. The number of imidazole rings is 1. The number of anilines is 1. The van der Waals surface area contributed by atoms with E-state index in [0.29, 0.717) is 17.6 Å². The fourth-order valence-corrected chi connectivity index (χ4v) is 3.80. The zero-order valence-corrected chi connectivity index (χ0v) is 16.6. The highest BCUT2D eigenvalue weighted by atomic mass is 16.3. The number of rotatable bonds is 5. The van der Waals surface area contributed by atoms with Gasteiger partial charge >= 0.3 is 0 Å². The fourth-order valence-electron chi connectivity index (χ4n) is 3.80. The Morgan fingerprint density at radius 3 is 2.82 bits per heavy atom. The van der Waals surface area contributed by atoms with Gasteiger partial charge < -0.3 is 15.0 Å². The summed E-state index contributed by atoms with van der Waals surface area (Å²) in [5, 5.41) is 10.3. The number of allylic oxidation sites excluding steroid dienone is 5. The molecule has 0 bridgehead atoms. The van der Waals surface area contributed by atoms with Gasteiger partial charge in [-0.2, -0.15) is 4.98 Å². The minimum absolute atomic E-state index is 0.0105. The van der Waals surface area contributed by atoms with Gasteiger partial charge in [0, 0.05) is 31.9 Å². The lowest BCUT2D eigenvalue weighted by atomic mass is 9.90. The molecule has 0 radical (unpaired) electrons. The third kappa shape index (κ3) is 3.72. The second-order valence-corrected chi connectivity index (χ2v) is 7.97. The lowest BCUT2D eigenvalue weighted by Crippen LogP contribution is -2.23. The molecule has 3 aliphatic rings. The SMILES string of the molecule is CC(C)CN(C)c1nc(O)c(C=C2C=NC3N=CC(C4=CCCC=C4)=CC23)[nH]1. The second kappa shape index (κ2) is 7.62. The summed E-state index contributed by atoms with van der Waals surface area (Å²) in [7, 11) is 1.97. The zero-order chi connectivity index (χ0) is 19.7. The maximum absolute atomic E-state index is 10.3. The molecule has 0 aromatic carbocycles. The van der Waals surface area contributed by atoms with E-state index in [-0.39, 0.29) is 18.0 Å². The summed E-state index contributed by atoms with van der Waals surface area (Å²) in [5.74, 6) is 1.26. The number of H-pyrrole nitrogens is 1. The van der Waals surface area contributed by atoms with Crippen LogP contribution >= 0.6 is 0 Å². The van der Waals surface area contributed by atoms with Crippen LogP contribution in [0.3, 0.4) is 0 Å². The van der Waals surface area contributed by atoms with E-state index in [1.54, 1.807) is 0 Å². The van der Waals surface area contributed by atoms with Crippen molar-refractivity contribution in [2.24, 2.45) is 21.8 Å². The van der Waals surface area contributed by atoms with Crippen molar-refractivity contribution < 1.29 is 5.11 Å². The minimum Gasteiger partial charge on any atom is -0.492 e. The summed E-state index contributed by atoms with van der Waals surface area (Å²) < 4.78 is 0. The van der Waals surface area contributed by atoms with Gasteiger partial charge in [0.1, 0.15) is 11.9 Å². The Balaban J connectivity index is 1.59. The maximum atomic E-state index is 10.3. The van der Waals surface area contributed by atoms with E-state index < -0.39 is 0 Å². The summed E-state index contributed by atoms with van der Waals surface area (Å²) >= 11 is 0. The molecular formula is C22H27N5O. The standard InChI is InChI=1S/C22H27N5O/c1-14(2)13-27(3)22-25-19(21(28)26-22)10-17-12-24-20-18(17)9-16(11-23-20)15-7-5-4-6-8-15/h5,7-12,14,18,20,28H,4,6,13H2,1-3H3,(H,25,26). The average molecular weight is 377 g/mol. The first-order chi connectivity index (χ1) is 13.5. The van der Waals surface area contributed by atoms with Crippen LogP contribution < -0.4 is 4.90 Å². The minimum atomic E-state index is -0.115. The van der Waals surface area contributed by atoms with Gasteiger partial charge in [0.2, 0.25) is 11.8 Å². The largest absolute Gasteiger partial charge is 0.492 e. The predicted octanol–water partition coefficient (Wildman–Crippen LogP) is 3.90. The number of aliphatic imine (C=N–C) groups is 2.